The van der Waals surface area contributed by atoms with Crippen molar-refractivity contribution in [3.63, 3.8) is 0 Å². The van der Waals surface area contributed by atoms with Crippen molar-refractivity contribution in [2.45, 2.75) is 78.2 Å². The lowest BCUT2D eigenvalue weighted by Crippen LogP contribution is -2.55. The monoisotopic (exact) mass is 474 g/mol. The van der Waals surface area contributed by atoms with Gasteiger partial charge in [0.25, 0.3) is 0 Å². The van der Waals surface area contributed by atoms with Crippen LogP contribution >= 0.6 is 0 Å². The number of Topliss-reactive ketones (excluding diaryl/α,β-unsaturated/α-hetero) is 1. The van der Waals surface area contributed by atoms with E-state index < -0.39 is 0 Å². The van der Waals surface area contributed by atoms with Gasteiger partial charge in [0.05, 0.1) is 0 Å². The molecule has 1 heterocycles. The van der Waals surface area contributed by atoms with Crippen LogP contribution in [0.3, 0.4) is 0 Å². The normalized spacial score (nSPS) is 24.1. The predicted octanol–water partition coefficient (Wildman–Crippen LogP) is 7.31. The van der Waals surface area contributed by atoms with Gasteiger partial charge in [-0.3, -0.25) is 9.69 Å². The number of halogens is 1. The van der Waals surface area contributed by atoms with Gasteiger partial charge in [0.1, 0.15) is 11.6 Å². The minimum Gasteiger partial charge on any atom is -0.309 e. The zero-order valence-corrected chi connectivity index (χ0v) is 21.5. The second-order valence-corrected chi connectivity index (χ2v) is 12.0. The molecule has 3 nitrogen and oxygen atoms in total. The Morgan fingerprint density at radius 3 is 2.26 bits per heavy atom. The number of ketones is 1. The highest BCUT2D eigenvalue weighted by Gasteiger charge is 2.41. The Morgan fingerprint density at radius 2 is 1.66 bits per heavy atom. The highest BCUT2D eigenvalue weighted by molar-refractivity contribution is 5.85. The lowest BCUT2D eigenvalue weighted by Gasteiger charge is -2.49. The molecular weight excluding hydrogens is 435 g/mol. The molecule has 0 radical (unpaired) electrons. The summed E-state index contributed by atoms with van der Waals surface area (Å²) in [5, 5.41) is 8.74. The highest BCUT2D eigenvalue weighted by atomic mass is 19.1. The minimum absolute atomic E-state index is 0.186. The molecule has 2 aliphatic carbocycles. The van der Waals surface area contributed by atoms with Gasteiger partial charge in [-0.2, -0.15) is 0 Å². The zero-order chi connectivity index (χ0) is 24.7. The third-order valence-corrected chi connectivity index (χ3v) is 8.60. The van der Waals surface area contributed by atoms with E-state index in [4.69, 9.17) is 5.41 Å². The van der Waals surface area contributed by atoms with E-state index >= 15 is 0 Å². The summed E-state index contributed by atoms with van der Waals surface area (Å²) in [6.45, 7) is 9.27. The SMILES string of the molecule is CC(=O)C1CCC(C(=N)CC2(C)CN(Cc3cc(C)c(-c4ccc(F)cc4)c(C4CC4)c3)C2)CC1. The Hall–Kier alpha value is -2.33. The average molecular weight is 475 g/mol. The van der Waals surface area contributed by atoms with Crippen molar-refractivity contribution in [3.8, 4) is 11.1 Å². The van der Waals surface area contributed by atoms with Gasteiger partial charge in [0, 0.05) is 31.3 Å². The first-order chi connectivity index (χ1) is 16.7. The second-order valence-electron chi connectivity index (χ2n) is 12.0. The van der Waals surface area contributed by atoms with E-state index in [0.29, 0.717) is 17.6 Å². The van der Waals surface area contributed by atoms with E-state index in [0.717, 1.165) is 63.0 Å². The number of likely N-dealkylation sites (tertiary alicyclic amines) is 1. The second kappa shape index (κ2) is 9.61. The summed E-state index contributed by atoms with van der Waals surface area (Å²) in [5.74, 6) is 1.37. The van der Waals surface area contributed by atoms with E-state index in [1.54, 1.807) is 19.1 Å². The first-order valence-corrected chi connectivity index (χ1v) is 13.4. The van der Waals surface area contributed by atoms with Crippen LogP contribution in [0.1, 0.15) is 81.4 Å². The molecule has 35 heavy (non-hydrogen) atoms. The fraction of sp³-hybridized carbons (Fsp3) is 0.548. The van der Waals surface area contributed by atoms with Crippen LogP contribution in [-0.2, 0) is 11.3 Å². The third-order valence-electron chi connectivity index (χ3n) is 8.60. The van der Waals surface area contributed by atoms with Crippen LogP contribution in [0.15, 0.2) is 36.4 Å². The van der Waals surface area contributed by atoms with E-state index in [1.807, 2.05) is 12.1 Å². The predicted molar refractivity (Wildman–Crippen MR) is 140 cm³/mol. The maximum atomic E-state index is 13.5. The molecule has 1 aliphatic heterocycles. The first kappa shape index (κ1) is 24.4. The molecule has 3 fully saturated rings. The number of nitrogens with one attached hydrogen (secondary N) is 1. The van der Waals surface area contributed by atoms with Crippen molar-refractivity contribution in [1.29, 1.82) is 5.41 Å². The van der Waals surface area contributed by atoms with Gasteiger partial charge in [0.2, 0.25) is 0 Å². The Bertz CT molecular complexity index is 1100. The van der Waals surface area contributed by atoms with Crippen LogP contribution in [0, 0.1) is 35.4 Å². The van der Waals surface area contributed by atoms with E-state index in [1.165, 1.54) is 35.1 Å². The number of benzene rings is 2. The third kappa shape index (κ3) is 5.43. The van der Waals surface area contributed by atoms with E-state index in [-0.39, 0.29) is 17.2 Å². The first-order valence-electron chi connectivity index (χ1n) is 13.4. The van der Waals surface area contributed by atoms with Gasteiger partial charge < -0.3 is 5.41 Å². The van der Waals surface area contributed by atoms with Crippen molar-refractivity contribution in [2.24, 2.45) is 17.3 Å². The quantitative estimate of drug-likeness (QED) is 0.408. The molecule has 186 valence electrons. The smallest absolute Gasteiger partial charge is 0.132 e. The number of aryl methyl sites for hydroxylation is 1. The van der Waals surface area contributed by atoms with Crippen molar-refractivity contribution < 1.29 is 9.18 Å². The Kier molecular flexibility index (Phi) is 6.69. The molecule has 1 N–H and O–H groups in total. The van der Waals surface area contributed by atoms with Crippen molar-refractivity contribution in [3.05, 3.63) is 58.9 Å². The topological polar surface area (TPSA) is 44.2 Å². The molecule has 2 saturated carbocycles. The van der Waals surface area contributed by atoms with Gasteiger partial charge >= 0.3 is 0 Å². The lowest BCUT2D eigenvalue weighted by atomic mass is 9.71. The minimum atomic E-state index is -0.186. The van der Waals surface area contributed by atoms with E-state index in [2.05, 4.69) is 30.9 Å². The fourth-order valence-corrected chi connectivity index (χ4v) is 6.68. The molecule has 0 amide bonds. The summed E-state index contributed by atoms with van der Waals surface area (Å²) in [7, 11) is 0. The van der Waals surface area contributed by atoms with E-state index in [9.17, 15) is 9.18 Å². The Morgan fingerprint density at radius 1 is 1.03 bits per heavy atom. The lowest BCUT2D eigenvalue weighted by molar-refractivity contribution is -0.121. The standard InChI is InChI=1S/C31H39FN2O/c1-20-14-22(15-28(24-6-7-24)30(20)26-10-12-27(32)13-11-26)17-34-18-31(3,19-34)16-29(33)25-8-4-23(5-9-25)21(2)35/h10-15,23-25,33H,4-9,16-19H2,1-3H3. The summed E-state index contributed by atoms with van der Waals surface area (Å²) >= 11 is 0. The largest absolute Gasteiger partial charge is 0.309 e. The molecular formula is C31H39FN2O. The van der Waals surface area contributed by atoms with Gasteiger partial charge in [-0.25, -0.2) is 4.39 Å². The molecule has 1 saturated heterocycles. The van der Waals surface area contributed by atoms with Crippen molar-refractivity contribution in [2.75, 3.05) is 13.1 Å². The van der Waals surface area contributed by atoms with Crippen molar-refractivity contribution >= 4 is 11.5 Å². The summed E-state index contributed by atoms with van der Waals surface area (Å²) in [6.07, 6.45) is 7.31. The van der Waals surface area contributed by atoms with Crippen molar-refractivity contribution in [1.82, 2.24) is 4.90 Å². The van der Waals surface area contributed by atoms with Crippen LogP contribution in [0.5, 0.6) is 0 Å². The zero-order valence-electron chi connectivity index (χ0n) is 21.5. The number of hydrogen-bond donors (Lipinski definition) is 1. The van der Waals surface area contributed by atoms with Crippen LogP contribution in [-0.4, -0.2) is 29.5 Å². The molecule has 4 heteroatoms. The van der Waals surface area contributed by atoms with Gasteiger partial charge in [-0.1, -0.05) is 31.2 Å². The maximum Gasteiger partial charge on any atom is 0.132 e. The molecule has 0 aromatic heterocycles. The molecule has 0 atom stereocenters. The molecule has 0 bridgehead atoms. The summed E-state index contributed by atoms with van der Waals surface area (Å²) < 4.78 is 13.5. The molecule has 2 aromatic carbocycles. The fourth-order valence-electron chi connectivity index (χ4n) is 6.68. The Labute approximate surface area is 209 Å². The van der Waals surface area contributed by atoms with Crippen LogP contribution in [0.4, 0.5) is 4.39 Å². The van der Waals surface area contributed by atoms with Gasteiger partial charge in [-0.05, 0) is 116 Å². The molecule has 3 aliphatic rings. The number of rotatable bonds is 8. The number of nitrogens with zero attached hydrogens (tertiary/aromatic N) is 1. The van der Waals surface area contributed by atoms with Gasteiger partial charge in [-0.15, -0.1) is 0 Å². The Balaban J connectivity index is 1.20. The molecule has 2 aromatic rings. The maximum absolute atomic E-state index is 13.5. The molecule has 5 rings (SSSR count). The van der Waals surface area contributed by atoms with Crippen LogP contribution in [0.25, 0.3) is 11.1 Å². The van der Waals surface area contributed by atoms with Gasteiger partial charge in [0.15, 0.2) is 0 Å². The average Bonchev–Trinajstić information content (AvgIpc) is 3.64. The summed E-state index contributed by atoms with van der Waals surface area (Å²) in [5.41, 5.74) is 7.58. The molecule has 0 unspecified atom stereocenters. The summed E-state index contributed by atoms with van der Waals surface area (Å²) in [4.78, 5) is 14.2. The number of carbonyl (C=O) groups excluding carboxylic acids is 1. The number of carbonyl (C=O) groups is 1. The molecule has 0 spiro atoms. The van der Waals surface area contributed by atoms with Crippen LogP contribution < -0.4 is 0 Å². The highest BCUT2D eigenvalue weighted by Crippen LogP contribution is 2.46. The number of hydrogen-bond acceptors (Lipinski definition) is 3. The summed E-state index contributed by atoms with van der Waals surface area (Å²) in [6, 6.07) is 11.7. The van der Waals surface area contributed by atoms with Crippen LogP contribution in [0.2, 0.25) is 0 Å².